The highest BCUT2D eigenvalue weighted by Gasteiger charge is 2.10. The van der Waals surface area contributed by atoms with Crippen LogP contribution in [0.4, 0.5) is 0 Å². The molecule has 1 N–H and O–H groups in total. The molecule has 22 heavy (non-hydrogen) atoms. The van der Waals surface area contributed by atoms with Crippen molar-refractivity contribution in [1.29, 1.82) is 0 Å². The van der Waals surface area contributed by atoms with E-state index in [1.807, 2.05) is 60.0 Å². The molecule has 0 saturated heterocycles. The summed E-state index contributed by atoms with van der Waals surface area (Å²) in [6.07, 6.45) is 1.17. The maximum Gasteiger partial charge on any atom is 0.122 e. The number of aromatic nitrogens is 2. The largest absolute Gasteiger partial charge is 0.491 e. The monoisotopic (exact) mass is 318 g/mol. The van der Waals surface area contributed by atoms with E-state index in [0.29, 0.717) is 6.54 Å². The quantitative estimate of drug-likeness (QED) is 0.786. The number of para-hydroxylation sites is 3. The third kappa shape index (κ3) is 3.59. The van der Waals surface area contributed by atoms with Gasteiger partial charge in [0.15, 0.2) is 0 Å². The lowest BCUT2D eigenvalue weighted by molar-refractivity contribution is 0.0931. The van der Waals surface area contributed by atoms with E-state index in [0.717, 1.165) is 22.3 Å². The predicted molar refractivity (Wildman–Crippen MR) is 89.7 cm³/mol. The molecule has 0 bridgehead atoms. The number of aliphatic hydroxyl groups excluding tert-OH is 1. The van der Waals surface area contributed by atoms with Crippen molar-refractivity contribution in [3.05, 3.63) is 60.4 Å². The topological polar surface area (TPSA) is 47.3 Å². The molecule has 0 radical (unpaired) electrons. The second kappa shape index (κ2) is 7.29. The van der Waals surface area contributed by atoms with E-state index >= 15 is 0 Å². The predicted octanol–water partition coefficient (Wildman–Crippen LogP) is 3.21. The van der Waals surface area contributed by atoms with Crippen LogP contribution in [0.5, 0.6) is 5.75 Å². The van der Waals surface area contributed by atoms with Crippen molar-refractivity contribution in [2.45, 2.75) is 19.6 Å². The first-order valence-corrected chi connectivity index (χ1v) is 7.00. The van der Waals surface area contributed by atoms with Gasteiger partial charge in [-0.1, -0.05) is 30.3 Å². The molecule has 1 atom stereocenters. The number of benzene rings is 2. The van der Waals surface area contributed by atoms with Crippen LogP contribution in [-0.2, 0) is 6.54 Å². The zero-order valence-corrected chi connectivity index (χ0v) is 13.2. The minimum Gasteiger partial charge on any atom is -0.491 e. The average Bonchev–Trinajstić information content (AvgIpc) is 2.90. The molecule has 2 aromatic carbocycles. The molecule has 0 amide bonds. The standard InChI is InChI=1S/C17H18N2O2.ClH/c1-13-6-2-5-9-17(13)21-11-14(20)10-19-12-18-15-7-3-4-8-16(15)19;/h2-9,12,14,20H,10-11H2,1H3;1H. The second-order valence-corrected chi connectivity index (χ2v) is 5.12. The first kappa shape index (κ1) is 16.3. The lowest BCUT2D eigenvalue weighted by Crippen LogP contribution is -2.23. The van der Waals surface area contributed by atoms with Crippen LogP contribution in [-0.4, -0.2) is 27.4 Å². The number of hydrogen-bond donors (Lipinski definition) is 1. The van der Waals surface area contributed by atoms with Crippen LogP contribution in [0.15, 0.2) is 54.9 Å². The van der Waals surface area contributed by atoms with E-state index in [4.69, 9.17) is 4.74 Å². The highest BCUT2D eigenvalue weighted by Crippen LogP contribution is 2.17. The van der Waals surface area contributed by atoms with Gasteiger partial charge in [0.25, 0.3) is 0 Å². The Morgan fingerprint density at radius 3 is 2.68 bits per heavy atom. The molecule has 4 nitrogen and oxygen atoms in total. The number of fused-ring (bicyclic) bond motifs is 1. The molecule has 0 aliphatic rings. The highest BCUT2D eigenvalue weighted by atomic mass is 35.5. The van der Waals surface area contributed by atoms with Gasteiger partial charge >= 0.3 is 0 Å². The molecule has 3 rings (SSSR count). The third-order valence-corrected chi connectivity index (χ3v) is 3.46. The zero-order valence-electron chi connectivity index (χ0n) is 12.3. The lowest BCUT2D eigenvalue weighted by Gasteiger charge is -2.14. The fourth-order valence-corrected chi connectivity index (χ4v) is 2.34. The Balaban J connectivity index is 0.00000176. The van der Waals surface area contributed by atoms with Crippen LogP contribution in [0.3, 0.4) is 0 Å². The molecule has 1 heterocycles. The van der Waals surface area contributed by atoms with Gasteiger partial charge in [-0.2, -0.15) is 0 Å². The zero-order chi connectivity index (χ0) is 14.7. The molecule has 1 unspecified atom stereocenters. The van der Waals surface area contributed by atoms with Crippen molar-refractivity contribution in [2.75, 3.05) is 6.61 Å². The minimum absolute atomic E-state index is 0. The number of hydrogen-bond acceptors (Lipinski definition) is 3. The summed E-state index contributed by atoms with van der Waals surface area (Å²) in [5.41, 5.74) is 3.02. The first-order chi connectivity index (χ1) is 10.2. The molecule has 0 spiro atoms. The summed E-state index contributed by atoms with van der Waals surface area (Å²) in [7, 11) is 0. The van der Waals surface area contributed by atoms with Gasteiger partial charge < -0.3 is 14.4 Å². The van der Waals surface area contributed by atoms with Crippen molar-refractivity contribution < 1.29 is 9.84 Å². The summed E-state index contributed by atoms with van der Waals surface area (Å²) in [5.74, 6) is 0.812. The van der Waals surface area contributed by atoms with Gasteiger partial charge in [-0.15, -0.1) is 12.4 Å². The fraction of sp³-hybridized carbons (Fsp3) is 0.235. The van der Waals surface area contributed by atoms with Gasteiger partial charge in [0.2, 0.25) is 0 Å². The Kier molecular flexibility index (Phi) is 5.41. The normalized spacial score (nSPS) is 11.9. The van der Waals surface area contributed by atoms with Crippen molar-refractivity contribution in [3.63, 3.8) is 0 Å². The number of nitrogens with zero attached hydrogens (tertiary/aromatic N) is 2. The molecule has 5 heteroatoms. The molecule has 0 fully saturated rings. The Hall–Kier alpha value is -2.04. The number of rotatable bonds is 5. The van der Waals surface area contributed by atoms with E-state index in [1.165, 1.54) is 0 Å². The van der Waals surface area contributed by atoms with E-state index in [2.05, 4.69) is 4.98 Å². The molecule has 0 saturated carbocycles. The molecular weight excluding hydrogens is 300 g/mol. The Bertz CT molecular complexity index is 742. The third-order valence-electron chi connectivity index (χ3n) is 3.46. The van der Waals surface area contributed by atoms with Gasteiger partial charge in [-0.05, 0) is 30.7 Å². The van der Waals surface area contributed by atoms with E-state index in [-0.39, 0.29) is 19.0 Å². The highest BCUT2D eigenvalue weighted by molar-refractivity contribution is 5.85. The summed E-state index contributed by atoms with van der Waals surface area (Å²) < 4.78 is 7.62. The Morgan fingerprint density at radius 2 is 1.86 bits per heavy atom. The minimum atomic E-state index is -0.581. The maximum atomic E-state index is 10.2. The van der Waals surface area contributed by atoms with Gasteiger partial charge in [0.05, 0.1) is 23.9 Å². The number of ether oxygens (including phenoxy) is 1. The maximum absolute atomic E-state index is 10.2. The van der Waals surface area contributed by atoms with Crippen LogP contribution in [0.25, 0.3) is 11.0 Å². The van der Waals surface area contributed by atoms with E-state index in [9.17, 15) is 5.11 Å². The number of imidazole rings is 1. The first-order valence-electron chi connectivity index (χ1n) is 7.00. The smallest absolute Gasteiger partial charge is 0.122 e. The molecule has 1 aromatic heterocycles. The van der Waals surface area contributed by atoms with Crippen molar-refractivity contribution >= 4 is 23.4 Å². The van der Waals surface area contributed by atoms with Crippen molar-refractivity contribution in [1.82, 2.24) is 9.55 Å². The van der Waals surface area contributed by atoms with Crippen LogP contribution >= 0.6 is 12.4 Å². The van der Waals surface area contributed by atoms with E-state index < -0.39 is 6.10 Å². The fourth-order valence-electron chi connectivity index (χ4n) is 2.34. The number of halogens is 1. The molecule has 0 aliphatic carbocycles. The summed E-state index contributed by atoms with van der Waals surface area (Å²) >= 11 is 0. The summed E-state index contributed by atoms with van der Waals surface area (Å²) in [6.45, 7) is 2.72. The average molecular weight is 319 g/mol. The van der Waals surface area contributed by atoms with Crippen LogP contribution in [0, 0.1) is 6.92 Å². The van der Waals surface area contributed by atoms with Crippen LogP contribution in [0.2, 0.25) is 0 Å². The molecule has 0 aliphatic heterocycles. The lowest BCUT2D eigenvalue weighted by atomic mass is 10.2. The van der Waals surface area contributed by atoms with Crippen molar-refractivity contribution in [2.24, 2.45) is 0 Å². The van der Waals surface area contributed by atoms with E-state index in [1.54, 1.807) is 6.33 Å². The molecule has 116 valence electrons. The molecule has 3 aromatic rings. The van der Waals surface area contributed by atoms with Crippen molar-refractivity contribution in [3.8, 4) is 5.75 Å². The van der Waals surface area contributed by atoms with Gasteiger partial charge in [0.1, 0.15) is 18.5 Å². The summed E-state index contributed by atoms with van der Waals surface area (Å²) in [4.78, 5) is 4.32. The van der Waals surface area contributed by atoms with Crippen LogP contribution in [0.1, 0.15) is 5.56 Å². The summed E-state index contributed by atoms with van der Waals surface area (Å²) in [6, 6.07) is 15.7. The Morgan fingerprint density at radius 1 is 1.14 bits per heavy atom. The Labute approximate surface area is 135 Å². The van der Waals surface area contributed by atoms with Gasteiger partial charge in [-0.25, -0.2) is 4.98 Å². The van der Waals surface area contributed by atoms with Gasteiger partial charge in [0, 0.05) is 0 Å². The van der Waals surface area contributed by atoms with Gasteiger partial charge in [-0.3, -0.25) is 0 Å². The molecular formula is C17H19ClN2O2. The number of aliphatic hydroxyl groups is 1. The SMILES string of the molecule is Cc1ccccc1OCC(O)Cn1cnc2ccccc21.Cl. The number of aryl methyl sites for hydroxylation is 1. The van der Waals surface area contributed by atoms with Crippen LogP contribution < -0.4 is 4.74 Å². The second-order valence-electron chi connectivity index (χ2n) is 5.12. The summed E-state index contributed by atoms with van der Waals surface area (Å²) in [5, 5.41) is 10.2.